The van der Waals surface area contributed by atoms with Crippen molar-refractivity contribution in [2.45, 2.75) is 53.9 Å². The molecular weight excluding hydrogens is 561 g/mol. The number of Topliss-reactive ketones (excluding diaryl/α,β-unsaturated/α-hetero) is 3. The standard InChI is InChI=1S/3C5H10NO.C2H6.3Y.3H2/c3*1-5(7)3-4-6-2;1-2;;;;;;/h3*3-4H2,1-2H3;1-2H3;;;;3*1H/q3*-1;;;;;;;. The van der Waals surface area contributed by atoms with Gasteiger partial charge in [-0.05, 0) is 40.0 Å². The quantitative estimate of drug-likeness (QED) is 0.384. The zero-order chi connectivity index (χ0) is 19.1. The van der Waals surface area contributed by atoms with Crippen LogP contribution in [0, 0.1) is 0 Å². The Morgan fingerprint density at radius 1 is 0.577 bits per heavy atom. The van der Waals surface area contributed by atoms with Crippen LogP contribution in [0.3, 0.4) is 0 Å². The van der Waals surface area contributed by atoms with Crippen LogP contribution in [0.2, 0.25) is 0 Å². The summed E-state index contributed by atoms with van der Waals surface area (Å²) in [7, 11) is 5.13. The number of hydrogen-bond acceptors (Lipinski definition) is 3. The van der Waals surface area contributed by atoms with Gasteiger partial charge in [0.15, 0.2) is 0 Å². The van der Waals surface area contributed by atoms with Crippen LogP contribution in [-0.4, -0.2) is 58.1 Å². The van der Waals surface area contributed by atoms with Crippen LogP contribution in [-0.2, 0) is 113 Å². The summed E-state index contributed by atoms with van der Waals surface area (Å²) in [6.07, 6.45) is 1.78. The Bertz CT molecular complexity index is 254. The van der Waals surface area contributed by atoms with Crippen LogP contribution in [0.4, 0.5) is 0 Å². The summed E-state index contributed by atoms with van der Waals surface area (Å²) >= 11 is 0. The summed E-state index contributed by atoms with van der Waals surface area (Å²) < 4.78 is 0. The number of rotatable bonds is 9. The fourth-order valence-corrected chi connectivity index (χ4v) is 0.808. The molecule has 0 aliphatic carbocycles. The second-order valence-electron chi connectivity index (χ2n) is 4.48. The van der Waals surface area contributed by atoms with Gasteiger partial charge in [0.1, 0.15) is 17.3 Å². The van der Waals surface area contributed by atoms with E-state index >= 15 is 0 Å². The van der Waals surface area contributed by atoms with Crippen LogP contribution >= 0.6 is 0 Å². The molecule has 0 rings (SSSR count). The van der Waals surface area contributed by atoms with E-state index in [4.69, 9.17) is 0 Å². The number of ketones is 3. The molecule has 155 valence electrons. The van der Waals surface area contributed by atoms with Gasteiger partial charge in [-0.2, -0.15) is 21.1 Å². The van der Waals surface area contributed by atoms with Crippen molar-refractivity contribution in [2.24, 2.45) is 0 Å². The van der Waals surface area contributed by atoms with Gasteiger partial charge in [0.2, 0.25) is 0 Å². The molecule has 0 heterocycles. The van der Waals surface area contributed by atoms with Gasteiger partial charge in [0, 0.05) is 102 Å². The molecule has 0 saturated heterocycles. The van der Waals surface area contributed by atoms with Gasteiger partial charge in [-0.3, -0.25) is 0 Å². The molecule has 9 heteroatoms. The van der Waals surface area contributed by atoms with Crippen LogP contribution in [0.1, 0.15) is 58.2 Å². The molecule has 0 saturated carbocycles. The van der Waals surface area contributed by atoms with Gasteiger partial charge < -0.3 is 30.3 Å². The van der Waals surface area contributed by atoms with Crippen molar-refractivity contribution in [3.8, 4) is 0 Å². The van der Waals surface area contributed by atoms with Crippen molar-refractivity contribution >= 4 is 17.3 Å². The van der Waals surface area contributed by atoms with Crippen molar-refractivity contribution in [2.75, 3.05) is 40.8 Å². The predicted octanol–water partition coefficient (Wildman–Crippen LogP) is 4.66. The average molecular weight is 603 g/mol. The first-order chi connectivity index (χ1) is 10.8. The third-order valence-electron chi connectivity index (χ3n) is 2.06. The van der Waals surface area contributed by atoms with Crippen molar-refractivity contribution in [1.29, 1.82) is 0 Å². The van der Waals surface area contributed by atoms with Gasteiger partial charge in [0.25, 0.3) is 0 Å². The van der Waals surface area contributed by atoms with E-state index in [-0.39, 0.29) is 120 Å². The molecule has 0 amide bonds. The zero-order valence-corrected chi connectivity index (χ0v) is 26.6. The van der Waals surface area contributed by atoms with Crippen molar-refractivity contribution in [3.05, 3.63) is 16.0 Å². The van der Waals surface area contributed by atoms with Gasteiger partial charge >= 0.3 is 0 Å². The van der Waals surface area contributed by atoms with E-state index in [1.807, 2.05) is 13.8 Å². The minimum Gasteiger partial charge on any atom is -0.665 e. The summed E-state index contributed by atoms with van der Waals surface area (Å²) in [5, 5.41) is 11.3. The maximum Gasteiger partial charge on any atom is 0.128 e. The Balaban J connectivity index is -0.0000000203. The minimum atomic E-state index is 0. The molecule has 0 aromatic heterocycles. The molecule has 0 unspecified atom stereocenters. The van der Waals surface area contributed by atoms with Crippen molar-refractivity contribution in [3.63, 3.8) is 0 Å². The fourth-order valence-electron chi connectivity index (χ4n) is 0.808. The second-order valence-corrected chi connectivity index (χ2v) is 4.48. The van der Waals surface area contributed by atoms with E-state index in [0.717, 1.165) is 0 Å². The van der Waals surface area contributed by atoms with E-state index in [1.165, 1.54) is 0 Å². The van der Waals surface area contributed by atoms with Crippen LogP contribution in [0.15, 0.2) is 0 Å². The van der Waals surface area contributed by atoms with E-state index in [0.29, 0.717) is 38.9 Å². The first-order valence-corrected chi connectivity index (χ1v) is 7.96. The minimum absolute atomic E-state index is 0. The molecule has 0 aromatic carbocycles. The predicted molar refractivity (Wildman–Crippen MR) is 106 cm³/mol. The number of nitrogens with zero attached hydrogens (tertiary/aromatic N) is 3. The molecule has 26 heavy (non-hydrogen) atoms. The summed E-state index contributed by atoms with van der Waals surface area (Å²) in [6.45, 7) is 10.8. The molecule has 0 aliphatic rings. The van der Waals surface area contributed by atoms with Gasteiger partial charge in [-0.25, -0.2) is 0 Å². The Labute approximate surface area is 241 Å². The van der Waals surface area contributed by atoms with Crippen LogP contribution in [0.25, 0.3) is 16.0 Å². The number of carbonyl (C=O) groups is 3. The number of carbonyl (C=O) groups excluding carboxylic acids is 3. The maximum atomic E-state index is 10.1. The first-order valence-electron chi connectivity index (χ1n) is 7.96. The number of hydrogen-bond donors (Lipinski definition) is 0. The van der Waals surface area contributed by atoms with E-state index in [2.05, 4.69) is 16.0 Å². The molecule has 0 atom stereocenters. The largest absolute Gasteiger partial charge is 0.665 e. The zero-order valence-electron chi connectivity index (χ0n) is 18.0. The maximum absolute atomic E-state index is 10.1. The fraction of sp³-hybridized carbons (Fsp3) is 0.824. The monoisotopic (exact) mass is 603 g/mol. The van der Waals surface area contributed by atoms with E-state index < -0.39 is 0 Å². The summed E-state index contributed by atoms with van der Waals surface area (Å²) in [4.78, 5) is 30.4. The Morgan fingerprint density at radius 2 is 0.731 bits per heavy atom. The molecule has 0 spiro atoms. The summed E-state index contributed by atoms with van der Waals surface area (Å²) in [5.41, 5.74) is 0. The molecule has 6 nitrogen and oxygen atoms in total. The van der Waals surface area contributed by atoms with Crippen LogP contribution < -0.4 is 0 Å². The smallest absolute Gasteiger partial charge is 0.128 e. The Morgan fingerprint density at radius 3 is 0.769 bits per heavy atom. The summed E-state index contributed by atoms with van der Waals surface area (Å²) in [5.74, 6) is 0.641. The SMILES string of the molecule is CC.C[N-]CCC(C)=O.C[N-]CCC(C)=O.C[N-]CCC(C)=O.[HH].[HH].[HH].[Y].[Y].[Y]. The topological polar surface area (TPSA) is 93.5 Å². The molecule has 0 aliphatic heterocycles. The normalized spacial score (nSPS) is 7.38. The van der Waals surface area contributed by atoms with Crippen molar-refractivity contribution in [1.82, 2.24) is 0 Å². The second kappa shape index (κ2) is 45.8. The van der Waals surface area contributed by atoms with Gasteiger partial charge in [-0.1, -0.05) is 13.8 Å². The molecule has 0 bridgehead atoms. The van der Waals surface area contributed by atoms with Gasteiger partial charge in [0.05, 0.1) is 0 Å². The van der Waals surface area contributed by atoms with E-state index in [1.54, 1.807) is 41.9 Å². The van der Waals surface area contributed by atoms with Gasteiger partial charge in [-0.15, -0.1) is 19.6 Å². The molecule has 0 fully saturated rings. The third kappa shape index (κ3) is 82.5. The Hall–Kier alpha value is 2.20. The molecular formula is C17H42N3O3Y3-3. The van der Waals surface area contributed by atoms with E-state index in [9.17, 15) is 14.4 Å². The first kappa shape index (κ1) is 46.4. The third-order valence-corrected chi connectivity index (χ3v) is 2.06. The molecule has 0 N–H and O–H groups in total. The average Bonchev–Trinajstić information content (AvgIpc) is 2.52. The van der Waals surface area contributed by atoms with Crippen molar-refractivity contribution < 1.29 is 117 Å². The molecule has 3 radical (unpaired) electrons. The summed E-state index contributed by atoms with van der Waals surface area (Å²) in [6, 6.07) is 0. The Kier molecular flexibility index (Phi) is 81.7. The molecule has 0 aromatic rings. The van der Waals surface area contributed by atoms with Crippen LogP contribution in [0.5, 0.6) is 0 Å².